The van der Waals surface area contributed by atoms with Gasteiger partial charge >= 0.3 is 5.97 Å². The molecule has 0 aliphatic carbocycles. The number of fused-ring (bicyclic) bond motifs is 1. The monoisotopic (exact) mass is 382 g/mol. The van der Waals surface area contributed by atoms with Crippen LogP contribution in [0.3, 0.4) is 0 Å². The number of benzene rings is 1. The van der Waals surface area contributed by atoms with Crippen molar-refractivity contribution in [2.24, 2.45) is 0 Å². The molecule has 0 atom stereocenters. The maximum atomic E-state index is 12.5. The highest BCUT2D eigenvalue weighted by atomic mass is 32.1. The number of thiazole rings is 2. The van der Waals surface area contributed by atoms with E-state index in [2.05, 4.69) is 19.9 Å². The van der Waals surface area contributed by atoms with Crippen LogP contribution in [-0.2, 0) is 17.8 Å². The number of hydrogen-bond acceptors (Lipinski definition) is 8. The van der Waals surface area contributed by atoms with Crippen molar-refractivity contribution in [1.82, 2.24) is 19.9 Å². The van der Waals surface area contributed by atoms with Crippen LogP contribution in [0.5, 0.6) is 0 Å². The Morgan fingerprint density at radius 1 is 1.15 bits per heavy atom. The Morgan fingerprint density at radius 2 is 2.00 bits per heavy atom. The van der Waals surface area contributed by atoms with E-state index in [1.54, 1.807) is 17.5 Å². The van der Waals surface area contributed by atoms with Crippen molar-refractivity contribution in [1.29, 1.82) is 0 Å². The molecule has 0 unspecified atom stereocenters. The van der Waals surface area contributed by atoms with Crippen molar-refractivity contribution in [3.8, 4) is 10.7 Å². The molecule has 0 spiro atoms. The normalized spacial score (nSPS) is 11.0. The van der Waals surface area contributed by atoms with Crippen LogP contribution in [-0.4, -0.2) is 25.9 Å². The predicted molar refractivity (Wildman–Crippen MR) is 101 cm³/mol. The molecule has 0 N–H and O–H groups in total. The molecular formula is C18H14N4O2S2. The first-order valence-corrected chi connectivity index (χ1v) is 9.71. The first-order valence-electron chi connectivity index (χ1n) is 8.02. The van der Waals surface area contributed by atoms with Gasteiger partial charge in [0, 0.05) is 17.8 Å². The Kier molecular flexibility index (Phi) is 4.68. The van der Waals surface area contributed by atoms with Crippen LogP contribution in [0.1, 0.15) is 28.1 Å². The maximum Gasteiger partial charge on any atom is 0.359 e. The van der Waals surface area contributed by atoms with Crippen LogP contribution in [0.4, 0.5) is 0 Å². The molecule has 0 radical (unpaired) electrons. The predicted octanol–water partition coefficient (Wildman–Crippen LogP) is 4.13. The first-order chi connectivity index (χ1) is 12.7. The van der Waals surface area contributed by atoms with E-state index in [1.807, 2.05) is 36.6 Å². The zero-order valence-electron chi connectivity index (χ0n) is 13.9. The third kappa shape index (κ3) is 3.33. The van der Waals surface area contributed by atoms with Gasteiger partial charge in [0.1, 0.15) is 17.3 Å². The van der Waals surface area contributed by atoms with Gasteiger partial charge in [0.05, 0.1) is 20.9 Å². The molecule has 3 aromatic heterocycles. The van der Waals surface area contributed by atoms with Gasteiger partial charge in [0.15, 0.2) is 5.69 Å². The molecule has 26 heavy (non-hydrogen) atoms. The minimum Gasteiger partial charge on any atom is -0.454 e. The molecule has 130 valence electrons. The lowest BCUT2D eigenvalue weighted by Crippen LogP contribution is -2.10. The summed E-state index contributed by atoms with van der Waals surface area (Å²) >= 11 is 3.03. The van der Waals surface area contributed by atoms with Crippen LogP contribution >= 0.6 is 22.7 Å². The van der Waals surface area contributed by atoms with E-state index in [-0.39, 0.29) is 12.3 Å². The zero-order valence-corrected chi connectivity index (χ0v) is 15.5. The third-order valence-electron chi connectivity index (χ3n) is 3.64. The fourth-order valence-electron chi connectivity index (χ4n) is 2.40. The second kappa shape index (κ2) is 7.27. The number of carbonyl (C=O) groups excluding carboxylic acids is 1. The largest absolute Gasteiger partial charge is 0.454 e. The van der Waals surface area contributed by atoms with Crippen molar-refractivity contribution in [3.63, 3.8) is 0 Å². The number of rotatable bonds is 5. The maximum absolute atomic E-state index is 12.5. The third-order valence-corrected chi connectivity index (χ3v) is 5.73. The van der Waals surface area contributed by atoms with E-state index < -0.39 is 5.97 Å². The quantitative estimate of drug-likeness (QED) is 0.483. The minimum atomic E-state index is -0.529. The number of nitrogens with zero attached hydrogens (tertiary/aromatic N) is 4. The molecule has 4 rings (SSSR count). The Balaban J connectivity index is 1.59. The number of esters is 1. The summed E-state index contributed by atoms with van der Waals surface area (Å²) in [4.78, 5) is 30.0. The number of hydrogen-bond donors (Lipinski definition) is 0. The molecular weight excluding hydrogens is 368 g/mol. The van der Waals surface area contributed by atoms with Crippen molar-refractivity contribution in [2.75, 3.05) is 0 Å². The van der Waals surface area contributed by atoms with Gasteiger partial charge in [0.25, 0.3) is 0 Å². The van der Waals surface area contributed by atoms with E-state index in [4.69, 9.17) is 4.74 Å². The highest BCUT2D eigenvalue weighted by Crippen LogP contribution is 2.30. The molecule has 4 aromatic rings. The summed E-state index contributed by atoms with van der Waals surface area (Å²) in [5.74, 6) is -0.529. The lowest BCUT2D eigenvalue weighted by atomic mass is 10.3. The topological polar surface area (TPSA) is 77.9 Å². The number of ether oxygens (including phenoxy) is 1. The first kappa shape index (κ1) is 16.7. The summed E-state index contributed by atoms with van der Waals surface area (Å²) < 4.78 is 6.42. The van der Waals surface area contributed by atoms with Crippen LogP contribution in [0.15, 0.2) is 42.0 Å². The van der Waals surface area contributed by atoms with Crippen LogP contribution in [0.25, 0.3) is 20.9 Å². The van der Waals surface area contributed by atoms with Gasteiger partial charge in [0.2, 0.25) is 0 Å². The van der Waals surface area contributed by atoms with Crippen LogP contribution < -0.4 is 0 Å². The minimum absolute atomic E-state index is 0.116. The van der Waals surface area contributed by atoms with Crippen molar-refractivity contribution in [3.05, 3.63) is 58.4 Å². The summed E-state index contributed by atoms with van der Waals surface area (Å²) in [7, 11) is 0. The molecule has 0 aliphatic heterocycles. The van der Waals surface area contributed by atoms with Crippen molar-refractivity contribution >= 4 is 38.9 Å². The molecule has 0 amide bonds. The number of carbonyl (C=O) groups is 1. The van der Waals surface area contributed by atoms with E-state index >= 15 is 0 Å². The SMILES string of the molecule is CCc1nc(COC(=O)c2nccnc2-c2nc3ccccc3s2)cs1. The van der Waals surface area contributed by atoms with Gasteiger partial charge in [-0.3, -0.25) is 0 Å². The Bertz CT molecular complexity index is 1040. The molecule has 3 heterocycles. The summed E-state index contributed by atoms with van der Waals surface area (Å²) in [6.45, 7) is 2.16. The molecule has 1 aromatic carbocycles. The lowest BCUT2D eigenvalue weighted by Gasteiger charge is -2.05. The van der Waals surface area contributed by atoms with Gasteiger partial charge in [-0.2, -0.15) is 0 Å². The molecule has 6 nitrogen and oxygen atoms in total. The molecule has 0 aliphatic rings. The molecule has 8 heteroatoms. The van der Waals surface area contributed by atoms with E-state index in [0.717, 1.165) is 27.3 Å². The van der Waals surface area contributed by atoms with Gasteiger partial charge < -0.3 is 4.74 Å². The summed E-state index contributed by atoms with van der Waals surface area (Å²) in [5, 5.41) is 3.57. The van der Waals surface area contributed by atoms with Gasteiger partial charge in [-0.25, -0.2) is 24.7 Å². The second-order valence-electron chi connectivity index (χ2n) is 5.40. The number of aryl methyl sites for hydroxylation is 1. The standard InChI is InChI=1S/C18H14N4O2S2/c1-2-14-21-11(10-25-14)9-24-18(23)16-15(19-7-8-20-16)17-22-12-5-3-4-6-13(12)26-17/h3-8,10H,2,9H2,1H3. The summed E-state index contributed by atoms with van der Waals surface area (Å²) in [6.07, 6.45) is 3.89. The summed E-state index contributed by atoms with van der Waals surface area (Å²) in [6, 6.07) is 7.79. The van der Waals surface area contributed by atoms with Crippen molar-refractivity contribution < 1.29 is 9.53 Å². The Hall–Kier alpha value is -2.71. The van der Waals surface area contributed by atoms with Gasteiger partial charge in [-0.15, -0.1) is 22.7 Å². The van der Waals surface area contributed by atoms with Gasteiger partial charge in [-0.1, -0.05) is 19.1 Å². The Morgan fingerprint density at radius 3 is 2.81 bits per heavy atom. The smallest absolute Gasteiger partial charge is 0.359 e. The summed E-state index contributed by atoms with van der Waals surface area (Å²) in [5.41, 5.74) is 2.21. The van der Waals surface area contributed by atoms with Gasteiger partial charge in [-0.05, 0) is 18.6 Å². The fourth-order valence-corrected chi connectivity index (χ4v) is 4.10. The highest BCUT2D eigenvalue weighted by Gasteiger charge is 2.20. The highest BCUT2D eigenvalue weighted by molar-refractivity contribution is 7.21. The lowest BCUT2D eigenvalue weighted by molar-refractivity contribution is 0.0462. The molecule has 0 fully saturated rings. The van der Waals surface area contributed by atoms with E-state index in [1.165, 1.54) is 17.5 Å². The van der Waals surface area contributed by atoms with E-state index in [9.17, 15) is 4.79 Å². The van der Waals surface area contributed by atoms with Crippen LogP contribution in [0, 0.1) is 0 Å². The average molecular weight is 382 g/mol. The zero-order chi connectivity index (χ0) is 17.9. The number of para-hydroxylation sites is 1. The van der Waals surface area contributed by atoms with Crippen LogP contribution in [0.2, 0.25) is 0 Å². The molecule has 0 saturated heterocycles. The second-order valence-corrected chi connectivity index (χ2v) is 7.38. The average Bonchev–Trinajstić information content (AvgIpc) is 3.32. The molecule has 0 saturated carbocycles. The fraction of sp³-hybridized carbons (Fsp3) is 0.167. The van der Waals surface area contributed by atoms with E-state index in [0.29, 0.717) is 10.7 Å². The Labute approximate surface area is 157 Å². The van der Waals surface area contributed by atoms with Crippen molar-refractivity contribution in [2.45, 2.75) is 20.0 Å². The number of aromatic nitrogens is 4. The molecule has 0 bridgehead atoms.